The fourth-order valence-electron chi connectivity index (χ4n) is 2.44. The van der Waals surface area contributed by atoms with Crippen LogP contribution in [0.4, 0.5) is 33.8 Å². The molecule has 0 unspecified atom stereocenters. The van der Waals surface area contributed by atoms with Gasteiger partial charge < -0.3 is 30.6 Å². The summed E-state index contributed by atoms with van der Waals surface area (Å²) in [5.41, 5.74) is 5.31. The average molecular weight is 494 g/mol. The van der Waals surface area contributed by atoms with Crippen LogP contribution < -0.4 is 21.1 Å². The van der Waals surface area contributed by atoms with Crippen LogP contribution in [-0.2, 0) is 9.47 Å². The lowest BCUT2D eigenvalue weighted by molar-refractivity contribution is 0.0547. The fourth-order valence-corrected chi connectivity index (χ4v) is 2.44. The number of anilines is 2. The van der Waals surface area contributed by atoms with E-state index in [1.165, 1.54) is 0 Å². The van der Waals surface area contributed by atoms with E-state index in [1.54, 1.807) is 0 Å². The lowest BCUT2D eigenvalue weighted by Crippen LogP contribution is -2.17. The molecule has 1 aromatic heterocycles. The normalized spacial score (nSPS) is 11.2. The molecule has 190 valence electrons. The van der Waals surface area contributed by atoms with Gasteiger partial charge in [0.25, 0.3) is 0 Å². The van der Waals surface area contributed by atoms with Gasteiger partial charge in [-0.3, -0.25) is 0 Å². The van der Waals surface area contributed by atoms with E-state index in [1.807, 2.05) is 13.8 Å². The van der Waals surface area contributed by atoms with E-state index in [4.69, 9.17) is 19.9 Å². The number of ether oxygens (including phenoxy) is 3. The van der Waals surface area contributed by atoms with Crippen LogP contribution in [0.3, 0.4) is 0 Å². The largest absolute Gasteiger partial charge is 0.418 e. The zero-order valence-corrected chi connectivity index (χ0v) is 18.8. The van der Waals surface area contributed by atoms with Gasteiger partial charge in [0.15, 0.2) is 0 Å². The molecule has 14 heteroatoms. The molecule has 0 bridgehead atoms. The van der Waals surface area contributed by atoms with E-state index in [2.05, 4.69) is 25.6 Å². The van der Waals surface area contributed by atoms with E-state index < -0.39 is 40.8 Å². The van der Waals surface area contributed by atoms with Crippen molar-refractivity contribution in [2.45, 2.75) is 20.3 Å². The smallest absolute Gasteiger partial charge is 0.328 e. The Morgan fingerprint density at radius 3 is 1.82 bits per heavy atom. The number of hydrogen-bond acceptors (Lipinski definition) is 9. The van der Waals surface area contributed by atoms with Crippen LogP contribution in [-0.4, -0.2) is 61.0 Å². The molecule has 1 heterocycles. The Morgan fingerprint density at radius 1 is 0.735 bits per heavy atom. The minimum atomic E-state index is -2.30. The number of halogens is 5. The number of rotatable bonds is 15. The summed E-state index contributed by atoms with van der Waals surface area (Å²) in [7, 11) is 0. The van der Waals surface area contributed by atoms with E-state index >= 15 is 0 Å². The maximum Gasteiger partial charge on any atom is 0.328 e. The quantitative estimate of drug-likeness (QED) is 0.149. The standard InChI is InChI=1S/C20H27F5N6O3/c1-11(2)3-5-27-18-29-19(28-6-8-33-10-9-32-7-4-26)31-20(30-18)34-17-15(24)13(22)12(21)14(23)16(17)25/h11H,3-10,26H2,1-2H3,(H2,27,28,29,30,31). The molecule has 0 saturated carbocycles. The molecule has 0 aliphatic heterocycles. The van der Waals surface area contributed by atoms with Gasteiger partial charge in [-0.1, -0.05) is 13.8 Å². The summed E-state index contributed by atoms with van der Waals surface area (Å²) in [6, 6.07) is -0.677. The molecule has 0 spiro atoms. The van der Waals surface area contributed by atoms with Crippen LogP contribution in [0.15, 0.2) is 0 Å². The maximum atomic E-state index is 14.0. The first-order valence-corrected chi connectivity index (χ1v) is 10.5. The SMILES string of the molecule is CC(C)CCNc1nc(NCCOCCOCCN)nc(Oc2c(F)c(F)c(F)c(F)c2F)n1. The van der Waals surface area contributed by atoms with Gasteiger partial charge in [0.05, 0.1) is 26.4 Å². The first kappa shape index (κ1) is 27.4. The minimum absolute atomic E-state index is 0.0203. The first-order valence-electron chi connectivity index (χ1n) is 10.5. The van der Waals surface area contributed by atoms with E-state index in [0.717, 1.165) is 6.42 Å². The summed E-state index contributed by atoms with van der Waals surface area (Å²) in [5, 5.41) is 5.71. The van der Waals surface area contributed by atoms with Crippen molar-refractivity contribution in [3.63, 3.8) is 0 Å². The Kier molecular flexibility index (Phi) is 11.1. The van der Waals surface area contributed by atoms with Gasteiger partial charge in [-0.15, -0.1) is 0 Å². The second-order valence-corrected chi connectivity index (χ2v) is 7.32. The molecule has 0 aliphatic rings. The monoisotopic (exact) mass is 494 g/mol. The molecule has 2 rings (SSSR count). The second kappa shape index (κ2) is 13.8. The molecule has 34 heavy (non-hydrogen) atoms. The number of benzene rings is 1. The van der Waals surface area contributed by atoms with Crippen LogP contribution >= 0.6 is 0 Å². The third-order valence-corrected chi connectivity index (χ3v) is 4.15. The van der Waals surface area contributed by atoms with E-state index in [0.29, 0.717) is 38.8 Å². The molecule has 0 saturated heterocycles. The maximum absolute atomic E-state index is 14.0. The van der Waals surface area contributed by atoms with Gasteiger partial charge in [-0.05, 0) is 12.3 Å². The lowest BCUT2D eigenvalue weighted by Gasteiger charge is -2.12. The lowest BCUT2D eigenvalue weighted by atomic mass is 10.1. The minimum Gasteiger partial charge on any atom is -0.418 e. The summed E-state index contributed by atoms with van der Waals surface area (Å²) in [5.74, 6) is -12.1. The summed E-state index contributed by atoms with van der Waals surface area (Å²) in [6.45, 7) is 6.45. The number of nitrogens with one attached hydrogen (secondary N) is 2. The van der Waals surface area contributed by atoms with Crippen molar-refractivity contribution in [2.24, 2.45) is 11.7 Å². The highest BCUT2D eigenvalue weighted by atomic mass is 19.2. The first-order chi connectivity index (χ1) is 16.2. The summed E-state index contributed by atoms with van der Waals surface area (Å²) in [4.78, 5) is 11.8. The second-order valence-electron chi connectivity index (χ2n) is 7.32. The highest BCUT2D eigenvalue weighted by molar-refractivity contribution is 5.38. The van der Waals surface area contributed by atoms with Crippen molar-refractivity contribution in [1.82, 2.24) is 15.0 Å². The highest BCUT2D eigenvalue weighted by Gasteiger charge is 2.28. The third-order valence-electron chi connectivity index (χ3n) is 4.15. The number of aromatic nitrogens is 3. The molecule has 1 aromatic carbocycles. The van der Waals surface area contributed by atoms with Gasteiger partial charge in [0, 0.05) is 19.6 Å². The van der Waals surface area contributed by atoms with E-state index in [-0.39, 0.29) is 25.0 Å². The zero-order chi connectivity index (χ0) is 25.1. The van der Waals surface area contributed by atoms with Gasteiger partial charge in [-0.2, -0.15) is 23.7 Å². The van der Waals surface area contributed by atoms with Crippen LogP contribution in [0.5, 0.6) is 11.8 Å². The van der Waals surface area contributed by atoms with E-state index in [9.17, 15) is 22.0 Å². The Balaban J connectivity index is 2.13. The van der Waals surface area contributed by atoms with Crippen molar-refractivity contribution < 1.29 is 36.2 Å². The predicted molar refractivity (Wildman–Crippen MR) is 113 cm³/mol. The molecule has 9 nitrogen and oxygen atoms in total. The van der Waals surface area contributed by atoms with Crippen LogP contribution in [0, 0.1) is 35.0 Å². The Morgan fingerprint density at radius 2 is 1.26 bits per heavy atom. The molecule has 2 aromatic rings. The Hall–Kier alpha value is -2.84. The molecular weight excluding hydrogens is 467 g/mol. The summed E-state index contributed by atoms with van der Waals surface area (Å²) in [6.07, 6.45) is 0.752. The van der Waals surface area contributed by atoms with Gasteiger partial charge in [-0.25, -0.2) is 13.2 Å². The topological polar surface area (TPSA) is 116 Å². The van der Waals surface area contributed by atoms with Gasteiger partial charge >= 0.3 is 6.01 Å². The molecule has 0 radical (unpaired) electrons. The van der Waals surface area contributed by atoms with Gasteiger partial charge in [0.1, 0.15) is 0 Å². The third kappa shape index (κ3) is 8.18. The summed E-state index contributed by atoms with van der Waals surface area (Å²) < 4.78 is 83.6. The Labute approximate surface area is 193 Å². The molecule has 0 amide bonds. The van der Waals surface area contributed by atoms with Crippen LogP contribution in [0.2, 0.25) is 0 Å². The van der Waals surface area contributed by atoms with Crippen molar-refractivity contribution in [3.05, 3.63) is 29.1 Å². The van der Waals surface area contributed by atoms with Crippen LogP contribution in [0.1, 0.15) is 20.3 Å². The van der Waals surface area contributed by atoms with Gasteiger partial charge in [0.2, 0.25) is 46.7 Å². The Bertz CT molecular complexity index is 909. The summed E-state index contributed by atoms with van der Waals surface area (Å²) >= 11 is 0. The molecule has 0 aliphatic carbocycles. The average Bonchev–Trinajstić information content (AvgIpc) is 2.80. The molecular formula is C20H27F5N6O3. The number of hydrogen-bond donors (Lipinski definition) is 3. The van der Waals surface area contributed by atoms with Crippen LogP contribution in [0.25, 0.3) is 0 Å². The van der Waals surface area contributed by atoms with Crippen molar-refractivity contribution in [3.8, 4) is 11.8 Å². The zero-order valence-electron chi connectivity index (χ0n) is 18.8. The number of nitrogens with two attached hydrogens (primary N) is 1. The van der Waals surface area contributed by atoms with Crippen molar-refractivity contribution >= 4 is 11.9 Å². The molecule has 0 fully saturated rings. The predicted octanol–water partition coefficient (Wildman–Crippen LogP) is 3.22. The highest BCUT2D eigenvalue weighted by Crippen LogP contribution is 2.32. The van der Waals surface area contributed by atoms with Crippen molar-refractivity contribution in [1.29, 1.82) is 0 Å². The fraction of sp³-hybridized carbons (Fsp3) is 0.550. The molecule has 4 N–H and O–H groups in total. The number of nitrogens with zero attached hydrogens (tertiary/aromatic N) is 3. The van der Waals surface area contributed by atoms with Crippen molar-refractivity contribution in [2.75, 3.05) is 56.7 Å². The molecule has 0 atom stereocenters.